The van der Waals surface area contributed by atoms with E-state index in [2.05, 4.69) is 32.3 Å². The molecule has 0 fully saturated rings. The molecule has 5 heterocycles. The van der Waals surface area contributed by atoms with Gasteiger partial charge in [0.05, 0.1) is 23.6 Å². The third-order valence-electron chi connectivity index (χ3n) is 5.57. The van der Waals surface area contributed by atoms with Crippen molar-refractivity contribution in [2.24, 2.45) is 0 Å². The molecule has 2 aliphatic heterocycles. The summed E-state index contributed by atoms with van der Waals surface area (Å²) < 4.78 is 4.51. The SMILES string of the molecule is Cc1c(-c2ccccn2)nn2c1CN(Cc1cn3c(n1)CCCC3)CC2. The van der Waals surface area contributed by atoms with Crippen molar-refractivity contribution >= 4 is 0 Å². The summed E-state index contributed by atoms with van der Waals surface area (Å²) in [4.78, 5) is 11.8. The van der Waals surface area contributed by atoms with Crippen molar-refractivity contribution in [2.75, 3.05) is 6.54 Å². The molecule has 0 saturated carbocycles. The van der Waals surface area contributed by atoms with Crippen molar-refractivity contribution in [1.82, 2.24) is 29.2 Å². The van der Waals surface area contributed by atoms with Crippen molar-refractivity contribution in [2.45, 2.75) is 52.4 Å². The second-order valence-corrected chi connectivity index (χ2v) is 7.37. The Balaban J connectivity index is 1.37. The van der Waals surface area contributed by atoms with Crippen molar-refractivity contribution in [3.8, 4) is 11.4 Å². The Labute approximate surface area is 153 Å². The van der Waals surface area contributed by atoms with Gasteiger partial charge in [-0.25, -0.2) is 4.98 Å². The molecule has 0 aliphatic carbocycles. The minimum absolute atomic E-state index is 0.920. The van der Waals surface area contributed by atoms with Crippen LogP contribution in [0.3, 0.4) is 0 Å². The summed E-state index contributed by atoms with van der Waals surface area (Å²) in [6, 6.07) is 6.00. The average molecular weight is 348 g/mol. The highest BCUT2D eigenvalue weighted by Crippen LogP contribution is 2.27. The summed E-state index contributed by atoms with van der Waals surface area (Å²) in [5, 5.41) is 4.82. The van der Waals surface area contributed by atoms with Gasteiger partial charge in [0.2, 0.25) is 0 Å². The first kappa shape index (κ1) is 15.8. The van der Waals surface area contributed by atoms with Crippen LogP contribution in [0.4, 0.5) is 0 Å². The number of fused-ring (bicyclic) bond motifs is 2. The molecule has 134 valence electrons. The third kappa shape index (κ3) is 2.74. The van der Waals surface area contributed by atoms with E-state index in [9.17, 15) is 0 Å². The van der Waals surface area contributed by atoms with Crippen LogP contribution >= 0.6 is 0 Å². The van der Waals surface area contributed by atoms with E-state index in [1.54, 1.807) is 0 Å². The Morgan fingerprint density at radius 2 is 2.08 bits per heavy atom. The molecule has 6 nitrogen and oxygen atoms in total. The van der Waals surface area contributed by atoms with Crippen LogP contribution < -0.4 is 0 Å². The maximum Gasteiger partial charge on any atom is 0.114 e. The van der Waals surface area contributed by atoms with Gasteiger partial charge in [0.1, 0.15) is 11.5 Å². The average Bonchev–Trinajstić information content (AvgIpc) is 3.23. The highest BCUT2D eigenvalue weighted by molar-refractivity contribution is 5.59. The van der Waals surface area contributed by atoms with E-state index in [1.807, 2.05) is 24.4 Å². The normalized spacial score (nSPS) is 17.1. The molecule has 5 rings (SSSR count). The first-order valence-electron chi connectivity index (χ1n) is 9.53. The van der Waals surface area contributed by atoms with Gasteiger partial charge in [-0.3, -0.25) is 14.6 Å². The molecule has 0 radical (unpaired) electrons. The molecule has 0 bridgehead atoms. The van der Waals surface area contributed by atoms with Gasteiger partial charge in [0.15, 0.2) is 0 Å². The monoisotopic (exact) mass is 348 g/mol. The lowest BCUT2D eigenvalue weighted by molar-refractivity contribution is 0.202. The van der Waals surface area contributed by atoms with Gasteiger partial charge in [-0.05, 0) is 31.9 Å². The Morgan fingerprint density at radius 1 is 1.12 bits per heavy atom. The highest BCUT2D eigenvalue weighted by atomic mass is 15.3. The molecular weight excluding hydrogens is 324 g/mol. The minimum atomic E-state index is 0.920. The molecule has 3 aromatic rings. The number of nitrogens with zero attached hydrogens (tertiary/aromatic N) is 6. The molecule has 0 amide bonds. The Bertz CT molecular complexity index is 900. The fraction of sp³-hybridized carbons (Fsp3) is 0.450. The Hall–Kier alpha value is -2.47. The Kier molecular flexibility index (Phi) is 3.85. The second kappa shape index (κ2) is 6.36. The van der Waals surface area contributed by atoms with Crippen molar-refractivity contribution in [1.29, 1.82) is 0 Å². The molecule has 2 aliphatic rings. The minimum Gasteiger partial charge on any atom is -0.335 e. The number of hydrogen-bond donors (Lipinski definition) is 0. The molecule has 0 unspecified atom stereocenters. The number of imidazole rings is 1. The van der Waals surface area contributed by atoms with Crippen LogP contribution in [-0.2, 0) is 32.6 Å². The fourth-order valence-electron chi connectivity index (χ4n) is 4.16. The summed E-state index contributed by atoms with van der Waals surface area (Å²) in [5.41, 5.74) is 5.73. The van der Waals surface area contributed by atoms with Crippen molar-refractivity contribution in [3.05, 3.63) is 53.4 Å². The van der Waals surface area contributed by atoms with Crippen LogP contribution in [0.25, 0.3) is 11.4 Å². The first-order valence-corrected chi connectivity index (χ1v) is 9.53. The predicted molar refractivity (Wildman–Crippen MR) is 99.5 cm³/mol. The Morgan fingerprint density at radius 3 is 2.92 bits per heavy atom. The van der Waals surface area contributed by atoms with Crippen LogP contribution in [0.5, 0.6) is 0 Å². The summed E-state index contributed by atoms with van der Waals surface area (Å²) in [6.07, 6.45) is 7.77. The number of pyridine rings is 1. The largest absolute Gasteiger partial charge is 0.335 e. The lowest BCUT2D eigenvalue weighted by atomic mass is 10.1. The lowest BCUT2D eigenvalue weighted by Crippen LogP contribution is -2.33. The second-order valence-electron chi connectivity index (χ2n) is 7.37. The maximum absolute atomic E-state index is 4.86. The van der Waals surface area contributed by atoms with E-state index in [0.29, 0.717) is 0 Å². The number of aromatic nitrogens is 5. The van der Waals surface area contributed by atoms with Gasteiger partial charge in [-0.15, -0.1) is 0 Å². The maximum atomic E-state index is 4.86. The molecule has 6 heteroatoms. The van der Waals surface area contributed by atoms with Crippen LogP contribution in [-0.4, -0.2) is 35.8 Å². The van der Waals surface area contributed by atoms with Crippen LogP contribution in [0.15, 0.2) is 30.6 Å². The van der Waals surface area contributed by atoms with Crippen LogP contribution in [0.2, 0.25) is 0 Å². The van der Waals surface area contributed by atoms with E-state index in [4.69, 9.17) is 10.1 Å². The first-order chi connectivity index (χ1) is 12.8. The summed E-state index contributed by atoms with van der Waals surface area (Å²) >= 11 is 0. The summed E-state index contributed by atoms with van der Waals surface area (Å²) in [6.45, 7) is 7.08. The van der Waals surface area contributed by atoms with Crippen molar-refractivity contribution < 1.29 is 0 Å². The number of rotatable bonds is 3. The van der Waals surface area contributed by atoms with E-state index in [1.165, 1.54) is 35.6 Å². The van der Waals surface area contributed by atoms with E-state index < -0.39 is 0 Å². The zero-order valence-electron chi connectivity index (χ0n) is 15.2. The third-order valence-corrected chi connectivity index (χ3v) is 5.57. The molecule has 0 saturated heterocycles. The van der Waals surface area contributed by atoms with Gasteiger partial charge < -0.3 is 4.57 Å². The van der Waals surface area contributed by atoms with E-state index in [-0.39, 0.29) is 0 Å². The number of hydrogen-bond acceptors (Lipinski definition) is 4. The standard InChI is InChI=1S/C20H24N6/c1-15-18-14-24(12-16-13-25-9-5-3-7-19(25)22-16)10-11-26(18)23-20(15)17-6-2-4-8-21-17/h2,4,6,8,13H,3,5,7,9-12,14H2,1H3. The highest BCUT2D eigenvalue weighted by Gasteiger charge is 2.24. The molecule has 0 aromatic carbocycles. The van der Waals surface area contributed by atoms with Gasteiger partial charge in [-0.2, -0.15) is 5.10 Å². The van der Waals surface area contributed by atoms with Crippen molar-refractivity contribution in [3.63, 3.8) is 0 Å². The molecular formula is C20H24N6. The predicted octanol–water partition coefficient (Wildman–Crippen LogP) is 2.80. The van der Waals surface area contributed by atoms with Gasteiger partial charge >= 0.3 is 0 Å². The topological polar surface area (TPSA) is 51.8 Å². The molecule has 0 spiro atoms. The smallest absolute Gasteiger partial charge is 0.114 e. The molecule has 0 N–H and O–H groups in total. The fourth-order valence-corrected chi connectivity index (χ4v) is 4.16. The molecule has 3 aromatic heterocycles. The van der Waals surface area contributed by atoms with Crippen LogP contribution in [0, 0.1) is 6.92 Å². The lowest BCUT2D eigenvalue weighted by Gasteiger charge is -2.27. The van der Waals surface area contributed by atoms with E-state index in [0.717, 1.165) is 50.5 Å². The number of aryl methyl sites for hydroxylation is 2. The summed E-state index contributed by atoms with van der Waals surface area (Å²) in [5.74, 6) is 1.27. The summed E-state index contributed by atoms with van der Waals surface area (Å²) in [7, 11) is 0. The van der Waals surface area contributed by atoms with Gasteiger partial charge in [0.25, 0.3) is 0 Å². The zero-order chi connectivity index (χ0) is 17.5. The van der Waals surface area contributed by atoms with Gasteiger partial charge in [0, 0.05) is 50.6 Å². The van der Waals surface area contributed by atoms with E-state index >= 15 is 0 Å². The quantitative estimate of drug-likeness (QED) is 0.730. The van der Waals surface area contributed by atoms with Crippen LogP contribution in [0.1, 0.15) is 35.6 Å². The molecule has 0 atom stereocenters. The van der Waals surface area contributed by atoms with Gasteiger partial charge in [-0.1, -0.05) is 6.07 Å². The molecule has 26 heavy (non-hydrogen) atoms. The zero-order valence-corrected chi connectivity index (χ0v) is 15.2.